The van der Waals surface area contributed by atoms with Gasteiger partial charge in [-0.2, -0.15) is 0 Å². The normalized spacial score (nSPS) is 11.0. The number of aromatic amines is 1. The second-order valence-electron chi connectivity index (χ2n) is 8.26. The lowest BCUT2D eigenvalue weighted by Crippen LogP contribution is -2.43. The zero-order valence-corrected chi connectivity index (χ0v) is 19.2. The summed E-state index contributed by atoms with van der Waals surface area (Å²) in [5, 5.41) is 1.12. The second-order valence-corrected chi connectivity index (χ2v) is 8.26. The van der Waals surface area contributed by atoms with E-state index in [-0.39, 0.29) is 29.9 Å². The largest absolute Gasteiger partial charge is 0.459 e. The number of aromatic nitrogens is 1. The zero-order valence-electron chi connectivity index (χ0n) is 19.2. The van der Waals surface area contributed by atoms with Crippen molar-refractivity contribution in [1.82, 2.24) is 14.8 Å². The van der Waals surface area contributed by atoms with Gasteiger partial charge in [-0.3, -0.25) is 9.59 Å². The van der Waals surface area contributed by atoms with Crippen LogP contribution in [0.2, 0.25) is 0 Å². The van der Waals surface area contributed by atoms with Crippen molar-refractivity contribution in [3.05, 3.63) is 95.8 Å². The molecule has 0 radical (unpaired) electrons. The molecule has 7 heteroatoms. The van der Waals surface area contributed by atoms with E-state index in [4.69, 9.17) is 4.42 Å². The quantitative estimate of drug-likeness (QED) is 0.360. The topological polar surface area (TPSA) is 69.6 Å². The van der Waals surface area contributed by atoms with E-state index >= 15 is 0 Å². The van der Waals surface area contributed by atoms with Crippen LogP contribution in [0.15, 0.2) is 77.5 Å². The van der Waals surface area contributed by atoms with Crippen molar-refractivity contribution >= 4 is 22.7 Å². The molecule has 6 nitrogen and oxygen atoms in total. The number of nitrogens with zero attached hydrogens (tertiary/aromatic N) is 2. The molecular weight excluding hydrogens is 433 g/mol. The highest BCUT2D eigenvalue weighted by Crippen LogP contribution is 2.19. The number of hydrogen-bond acceptors (Lipinski definition) is 3. The fourth-order valence-electron chi connectivity index (χ4n) is 4.04. The summed E-state index contributed by atoms with van der Waals surface area (Å²) in [7, 11) is 0. The van der Waals surface area contributed by atoms with Gasteiger partial charge in [0.05, 0.1) is 6.26 Å². The minimum atomic E-state index is -0.321. The second kappa shape index (κ2) is 10.8. The van der Waals surface area contributed by atoms with Gasteiger partial charge in [0, 0.05) is 36.7 Å². The number of nitrogens with one attached hydrogen (secondary N) is 1. The summed E-state index contributed by atoms with van der Waals surface area (Å²) in [4.78, 5) is 32.8. The number of fused-ring (bicyclic) bond motifs is 1. The first-order valence-electron chi connectivity index (χ1n) is 11.4. The Morgan fingerprint density at radius 3 is 2.50 bits per heavy atom. The molecule has 2 aromatic carbocycles. The van der Waals surface area contributed by atoms with Gasteiger partial charge in [0.1, 0.15) is 12.4 Å². The Balaban J connectivity index is 1.52. The standard InChI is InChI=1S/C27H28FN3O3/c1-2-14-31(27(33)25-8-5-16-34-25)19-26(32)30(18-20-9-11-22(28)12-10-20)15-13-21-17-29-24-7-4-3-6-23(21)24/h3-12,16-17,29H,2,13-15,18-19H2,1H3. The molecule has 0 atom stereocenters. The van der Waals surface area contributed by atoms with E-state index in [1.807, 2.05) is 31.3 Å². The molecule has 2 heterocycles. The molecule has 2 aromatic heterocycles. The van der Waals surface area contributed by atoms with Gasteiger partial charge in [-0.05, 0) is 54.3 Å². The monoisotopic (exact) mass is 461 g/mol. The van der Waals surface area contributed by atoms with Gasteiger partial charge in [0.25, 0.3) is 5.91 Å². The Bertz CT molecular complexity index is 1230. The Labute approximate surface area is 198 Å². The van der Waals surface area contributed by atoms with Crippen molar-refractivity contribution in [3.8, 4) is 0 Å². The first-order valence-corrected chi connectivity index (χ1v) is 11.4. The lowest BCUT2D eigenvalue weighted by molar-refractivity contribution is -0.132. The summed E-state index contributed by atoms with van der Waals surface area (Å²) in [5.74, 6) is -0.584. The first-order chi connectivity index (χ1) is 16.5. The molecule has 0 aliphatic heterocycles. The first kappa shape index (κ1) is 23.3. The zero-order chi connectivity index (χ0) is 23.9. The minimum Gasteiger partial charge on any atom is -0.459 e. The van der Waals surface area contributed by atoms with E-state index in [9.17, 15) is 14.0 Å². The number of carbonyl (C=O) groups is 2. The summed E-state index contributed by atoms with van der Waals surface area (Å²) < 4.78 is 18.7. The van der Waals surface area contributed by atoms with Crippen LogP contribution in [-0.4, -0.2) is 46.2 Å². The molecule has 0 fully saturated rings. The van der Waals surface area contributed by atoms with Crippen molar-refractivity contribution < 1.29 is 18.4 Å². The summed E-state index contributed by atoms with van der Waals surface area (Å²) >= 11 is 0. The molecule has 4 aromatic rings. The average Bonchev–Trinajstić information content (AvgIpc) is 3.53. The van der Waals surface area contributed by atoms with Crippen LogP contribution in [0.25, 0.3) is 10.9 Å². The number of benzene rings is 2. The van der Waals surface area contributed by atoms with Gasteiger partial charge in [-0.1, -0.05) is 37.3 Å². The maximum absolute atomic E-state index is 13.4. The highest BCUT2D eigenvalue weighted by atomic mass is 19.1. The van der Waals surface area contributed by atoms with Gasteiger partial charge < -0.3 is 19.2 Å². The lowest BCUT2D eigenvalue weighted by Gasteiger charge is -2.27. The van der Waals surface area contributed by atoms with E-state index < -0.39 is 0 Å². The number of H-pyrrole nitrogens is 1. The Morgan fingerprint density at radius 2 is 1.76 bits per heavy atom. The third-order valence-electron chi connectivity index (χ3n) is 5.80. The van der Waals surface area contributed by atoms with E-state index in [2.05, 4.69) is 11.1 Å². The number of rotatable bonds is 10. The van der Waals surface area contributed by atoms with Crippen LogP contribution >= 0.6 is 0 Å². The smallest absolute Gasteiger partial charge is 0.290 e. The van der Waals surface area contributed by atoms with Gasteiger partial charge in [0.15, 0.2) is 5.76 Å². The van der Waals surface area contributed by atoms with Gasteiger partial charge >= 0.3 is 0 Å². The molecule has 176 valence electrons. The molecular formula is C27H28FN3O3. The number of furan rings is 1. The molecule has 0 saturated carbocycles. The predicted octanol–water partition coefficient (Wildman–Crippen LogP) is 5.02. The van der Waals surface area contributed by atoms with Crippen molar-refractivity contribution in [2.24, 2.45) is 0 Å². The van der Waals surface area contributed by atoms with Crippen LogP contribution < -0.4 is 0 Å². The number of para-hydroxylation sites is 1. The summed E-state index contributed by atoms with van der Waals surface area (Å²) in [6.07, 6.45) is 4.78. The van der Waals surface area contributed by atoms with Crippen LogP contribution in [0.3, 0.4) is 0 Å². The third kappa shape index (κ3) is 5.54. The fraction of sp³-hybridized carbons (Fsp3) is 0.259. The molecule has 0 saturated heterocycles. The highest BCUT2D eigenvalue weighted by molar-refractivity contribution is 5.94. The molecule has 34 heavy (non-hydrogen) atoms. The van der Waals surface area contributed by atoms with E-state index in [0.29, 0.717) is 32.5 Å². The van der Waals surface area contributed by atoms with E-state index in [1.165, 1.54) is 23.3 Å². The summed E-state index contributed by atoms with van der Waals surface area (Å²) in [6, 6.07) is 17.4. The minimum absolute atomic E-state index is 0.0531. The highest BCUT2D eigenvalue weighted by Gasteiger charge is 2.23. The van der Waals surface area contributed by atoms with Crippen LogP contribution in [-0.2, 0) is 17.8 Å². The molecule has 0 aliphatic rings. The van der Waals surface area contributed by atoms with Crippen LogP contribution in [0.1, 0.15) is 35.0 Å². The van der Waals surface area contributed by atoms with E-state index in [0.717, 1.165) is 22.0 Å². The molecule has 0 bridgehead atoms. The predicted molar refractivity (Wildman–Crippen MR) is 129 cm³/mol. The molecule has 4 rings (SSSR count). The van der Waals surface area contributed by atoms with Crippen molar-refractivity contribution in [3.63, 3.8) is 0 Å². The van der Waals surface area contributed by atoms with Crippen LogP contribution in [0, 0.1) is 5.82 Å². The number of hydrogen-bond donors (Lipinski definition) is 1. The maximum Gasteiger partial charge on any atom is 0.290 e. The number of amides is 2. The van der Waals surface area contributed by atoms with Gasteiger partial charge in [-0.15, -0.1) is 0 Å². The third-order valence-corrected chi connectivity index (χ3v) is 5.80. The van der Waals surface area contributed by atoms with Crippen molar-refractivity contribution in [1.29, 1.82) is 0 Å². The average molecular weight is 462 g/mol. The SMILES string of the molecule is CCCN(CC(=O)N(CCc1c[nH]c2ccccc12)Cc1ccc(F)cc1)C(=O)c1ccco1. The summed E-state index contributed by atoms with van der Waals surface area (Å²) in [5.41, 5.74) is 2.99. The van der Waals surface area contributed by atoms with Crippen LogP contribution in [0.5, 0.6) is 0 Å². The Morgan fingerprint density at radius 1 is 0.971 bits per heavy atom. The molecule has 2 amide bonds. The number of halogens is 1. The molecule has 0 unspecified atom stereocenters. The molecule has 0 aliphatic carbocycles. The van der Waals surface area contributed by atoms with Crippen molar-refractivity contribution in [2.45, 2.75) is 26.3 Å². The fourth-order valence-corrected chi connectivity index (χ4v) is 4.04. The molecule has 1 N–H and O–H groups in total. The Hall–Kier alpha value is -3.87. The van der Waals surface area contributed by atoms with Crippen molar-refractivity contribution in [2.75, 3.05) is 19.6 Å². The van der Waals surface area contributed by atoms with Crippen LogP contribution in [0.4, 0.5) is 4.39 Å². The summed E-state index contributed by atoms with van der Waals surface area (Å²) in [6.45, 7) is 3.14. The Kier molecular flexibility index (Phi) is 7.42. The molecule has 0 spiro atoms. The van der Waals surface area contributed by atoms with Gasteiger partial charge in [0.2, 0.25) is 5.91 Å². The van der Waals surface area contributed by atoms with Gasteiger partial charge in [-0.25, -0.2) is 4.39 Å². The van der Waals surface area contributed by atoms with E-state index in [1.54, 1.807) is 29.2 Å². The number of carbonyl (C=O) groups excluding carboxylic acids is 2. The lowest BCUT2D eigenvalue weighted by atomic mass is 10.1. The maximum atomic E-state index is 13.4.